The fourth-order valence-electron chi connectivity index (χ4n) is 2.84. The molecule has 1 heterocycles. The van der Waals surface area contributed by atoms with Crippen LogP contribution in [-0.4, -0.2) is 51.4 Å². The van der Waals surface area contributed by atoms with Crippen molar-refractivity contribution in [1.82, 2.24) is 4.90 Å². The third-order valence-corrected chi connectivity index (χ3v) is 4.14. The van der Waals surface area contributed by atoms with Crippen LogP contribution in [0.5, 0.6) is 17.2 Å². The summed E-state index contributed by atoms with van der Waals surface area (Å²) in [7, 11) is 3.17. The highest BCUT2D eigenvalue weighted by Crippen LogP contribution is 2.40. The van der Waals surface area contributed by atoms with Crippen LogP contribution in [0.15, 0.2) is 42.5 Å². The van der Waals surface area contributed by atoms with E-state index in [-0.39, 0.29) is 5.91 Å². The van der Waals surface area contributed by atoms with Crippen molar-refractivity contribution in [2.24, 2.45) is 0 Å². The number of ether oxygens (including phenoxy) is 4. The molecule has 0 N–H and O–H groups in total. The van der Waals surface area contributed by atoms with Crippen LogP contribution in [0.4, 0.5) is 0 Å². The standard InChI is InChI=1S/C20H23NO5/c1-23-9-8-21(14-15-6-4-3-5-7-15)20(22)16-12-17(24-2)19-18(13-16)25-10-11-26-19/h3-7,12-13H,8-11,14H2,1-2H3. The molecule has 0 atom stereocenters. The first kappa shape index (κ1) is 18.1. The topological polar surface area (TPSA) is 57.2 Å². The molecule has 1 amide bonds. The number of hydrogen-bond acceptors (Lipinski definition) is 5. The summed E-state index contributed by atoms with van der Waals surface area (Å²) in [5, 5.41) is 0. The number of hydrogen-bond donors (Lipinski definition) is 0. The Bertz CT molecular complexity index is 730. The van der Waals surface area contributed by atoms with Gasteiger partial charge in [-0.1, -0.05) is 30.3 Å². The Labute approximate surface area is 153 Å². The van der Waals surface area contributed by atoms with Gasteiger partial charge in [0.15, 0.2) is 11.5 Å². The summed E-state index contributed by atoms with van der Waals surface area (Å²) in [4.78, 5) is 14.9. The monoisotopic (exact) mass is 357 g/mol. The van der Waals surface area contributed by atoms with Crippen LogP contribution in [0.25, 0.3) is 0 Å². The zero-order valence-corrected chi connectivity index (χ0v) is 15.1. The van der Waals surface area contributed by atoms with E-state index in [1.54, 1.807) is 31.3 Å². The summed E-state index contributed by atoms with van der Waals surface area (Å²) in [6.07, 6.45) is 0. The largest absolute Gasteiger partial charge is 0.493 e. The Morgan fingerprint density at radius 1 is 1.12 bits per heavy atom. The van der Waals surface area contributed by atoms with Gasteiger partial charge in [-0.2, -0.15) is 0 Å². The highest BCUT2D eigenvalue weighted by atomic mass is 16.6. The number of benzene rings is 2. The van der Waals surface area contributed by atoms with Gasteiger partial charge in [0, 0.05) is 25.8 Å². The Kier molecular flexibility index (Phi) is 5.96. The molecule has 0 unspecified atom stereocenters. The maximum Gasteiger partial charge on any atom is 0.254 e. The Morgan fingerprint density at radius 2 is 1.88 bits per heavy atom. The molecule has 0 radical (unpaired) electrons. The lowest BCUT2D eigenvalue weighted by Gasteiger charge is -2.25. The third kappa shape index (κ3) is 4.08. The molecule has 0 bridgehead atoms. The number of methoxy groups -OCH3 is 2. The lowest BCUT2D eigenvalue weighted by Crippen LogP contribution is -2.33. The van der Waals surface area contributed by atoms with E-state index in [1.165, 1.54) is 0 Å². The minimum atomic E-state index is -0.110. The van der Waals surface area contributed by atoms with Crippen molar-refractivity contribution in [3.8, 4) is 17.2 Å². The van der Waals surface area contributed by atoms with E-state index in [9.17, 15) is 4.79 Å². The van der Waals surface area contributed by atoms with Gasteiger partial charge in [0.25, 0.3) is 5.91 Å². The van der Waals surface area contributed by atoms with Gasteiger partial charge in [-0.05, 0) is 17.7 Å². The first-order valence-corrected chi connectivity index (χ1v) is 8.52. The second kappa shape index (κ2) is 8.58. The molecule has 1 aliphatic rings. The zero-order valence-electron chi connectivity index (χ0n) is 15.1. The van der Waals surface area contributed by atoms with E-state index >= 15 is 0 Å². The molecule has 0 aromatic heterocycles. The van der Waals surface area contributed by atoms with Crippen molar-refractivity contribution in [2.75, 3.05) is 40.6 Å². The van der Waals surface area contributed by atoms with Gasteiger partial charge in [-0.3, -0.25) is 4.79 Å². The number of amides is 1. The third-order valence-electron chi connectivity index (χ3n) is 4.14. The molecular formula is C20H23NO5. The second-order valence-electron chi connectivity index (χ2n) is 5.91. The fraction of sp³-hybridized carbons (Fsp3) is 0.350. The van der Waals surface area contributed by atoms with Gasteiger partial charge in [-0.15, -0.1) is 0 Å². The molecule has 6 heteroatoms. The number of nitrogens with zero attached hydrogens (tertiary/aromatic N) is 1. The van der Waals surface area contributed by atoms with E-state index in [1.807, 2.05) is 30.3 Å². The van der Waals surface area contributed by atoms with Gasteiger partial charge in [-0.25, -0.2) is 0 Å². The van der Waals surface area contributed by atoms with Gasteiger partial charge < -0.3 is 23.8 Å². The Balaban J connectivity index is 1.88. The van der Waals surface area contributed by atoms with Crippen LogP contribution in [0.1, 0.15) is 15.9 Å². The minimum Gasteiger partial charge on any atom is -0.493 e. The number of carbonyl (C=O) groups excluding carboxylic acids is 1. The Morgan fingerprint density at radius 3 is 2.62 bits per heavy atom. The predicted molar refractivity (Wildman–Crippen MR) is 97.0 cm³/mol. The van der Waals surface area contributed by atoms with Crippen molar-refractivity contribution in [3.05, 3.63) is 53.6 Å². The maximum atomic E-state index is 13.1. The van der Waals surface area contributed by atoms with Crippen LogP contribution in [-0.2, 0) is 11.3 Å². The molecule has 0 spiro atoms. The van der Waals surface area contributed by atoms with Crippen molar-refractivity contribution >= 4 is 5.91 Å². The zero-order chi connectivity index (χ0) is 18.4. The van der Waals surface area contributed by atoms with E-state index in [4.69, 9.17) is 18.9 Å². The molecule has 138 valence electrons. The molecule has 0 saturated carbocycles. The van der Waals surface area contributed by atoms with Gasteiger partial charge >= 0.3 is 0 Å². The van der Waals surface area contributed by atoms with Crippen LogP contribution in [0, 0.1) is 0 Å². The predicted octanol–water partition coefficient (Wildman–Crippen LogP) is 2.76. The van der Waals surface area contributed by atoms with E-state index in [2.05, 4.69) is 0 Å². The highest BCUT2D eigenvalue weighted by Gasteiger charge is 2.23. The van der Waals surface area contributed by atoms with Gasteiger partial charge in [0.2, 0.25) is 5.75 Å². The van der Waals surface area contributed by atoms with Crippen LogP contribution in [0.3, 0.4) is 0 Å². The Hall–Kier alpha value is -2.73. The summed E-state index contributed by atoms with van der Waals surface area (Å²) < 4.78 is 21.8. The summed E-state index contributed by atoms with van der Waals surface area (Å²) in [5.41, 5.74) is 1.56. The van der Waals surface area contributed by atoms with Crippen LogP contribution in [0.2, 0.25) is 0 Å². The molecule has 2 aromatic carbocycles. The molecule has 3 rings (SSSR count). The first-order valence-electron chi connectivity index (χ1n) is 8.52. The van der Waals surface area contributed by atoms with Gasteiger partial charge in [0.05, 0.1) is 13.7 Å². The fourth-order valence-corrected chi connectivity index (χ4v) is 2.84. The maximum absolute atomic E-state index is 13.1. The van der Waals surface area contributed by atoms with Gasteiger partial charge in [0.1, 0.15) is 13.2 Å². The van der Waals surface area contributed by atoms with E-state index < -0.39 is 0 Å². The smallest absolute Gasteiger partial charge is 0.254 e. The lowest BCUT2D eigenvalue weighted by atomic mass is 10.1. The summed E-state index contributed by atoms with van der Waals surface area (Å²) in [6, 6.07) is 13.3. The van der Waals surface area contributed by atoms with Crippen LogP contribution >= 0.6 is 0 Å². The molecule has 1 aliphatic heterocycles. The molecule has 0 saturated heterocycles. The lowest BCUT2D eigenvalue weighted by molar-refractivity contribution is 0.0678. The number of fused-ring (bicyclic) bond motifs is 1. The average Bonchev–Trinajstić information content (AvgIpc) is 2.70. The normalized spacial score (nSPS) is 12.5. The first-order chi connectivity index (χ1) is 12.7. The number of rotatable bonds is 7. The van der Waals surface area contributed by atoms with E-state index in [0.717, 1.165) is 5.56 Å². The minimum absolute atomic E-state index is 0.110. The molecule has 2 aromatic rings. The highest BCUT2D eigenvalue weighted by molar-refractivity contribution is 5.95. The quantitative estimate of drug-likeness (QED) is 0.763. The van der Waals surface area contributed by atoms with Crippen molar-refractivity contribution in [3.63, 3.8) is 0 Å². The molecule has 26 heavy (non-hydrogen) atoms. The van der Waals surface area contributed by atoms with Crippen LogP contribution < -0.4 is 14.2 Å². The number of carbonyl (C=O) groups is 1. The van der Waals surface area contributed by atoms with Crippen molar-refractivity contribution < 1.29 is 23.7 Å². The SMILES string of the molecule is COCCN(Cc1ccccc1)C(=O)c1cc(OC)c2c(c1)OCCO2. The summed E-state index contributed by atoms with van der Waals surface area (Å²) in [6.45, 7) is 2.36. The summed E-state index contributed by atoms with van der Waals surface area (Å²) in [5.74, 6) is 1.46. The second-order valence-corrected chi connectivity index (χ2v) is 5.91. The molecular weight excluding hydrogens is 334 g/mol. The average molecular weight is 357 g/mol. The van der Waals surface area contributed by atoms with E-state index in [0.29, 0.717) is 55.7 Å². The molecule has 0 aliphatic carbocycles. The molecule has 6 nitrogen and oxygen atoms in total. The van der Waals surface area contributed by atoms with Crippen molar-refractivity contribution in [1.29, 1.82) is 0 Å². The summed E-state index contributed by atoms with van der Waals surface area (Å²) >= 11 is 0. The molecule has 0 fully saturated rings. The van der Waals surface area contributed by atoms with Crippen molar-refractivity contribution in [2.45, 2.75) is 6.54 Å².